The highest BCUT2D eigenvalue weighted by atomic mass is 35.5. The Bertz CT molecular complexity index is 514. The Labute approximate surface area is 86.8 Å². The van der Waals surface area contributed by atoms with Crippen molar-refractivity contribution in [2.75, 3.05) is 0 Å². The van der Waals surface area contributed by atoms with Gasteiger partial charge in [0, 0.05) is 5.39 Å². The maximum atomic E-state index is 8.86. The number of rotatable bonds is 1. The molecule has 0 aliphatic rings. The first kappa shape index (κ1) is 8.98. The molecular formula is C11H7ClN2. The summed E-state index contributed by atoms with van der Waals surface area (Å²) in [5.41, 5.74) is 2.08. The summed E-state index contributed by atoms with van der Waals surface area (Å²) in [4.78, 5) is 4.31. The molecule has 0 N–H and O–H groups in total. The molecule has 1 aromatic heterocycles. The molecule has 0 aliphatic heterocycles. The fourth-order valence-corrected chi connectivity index (χ4v) is 1.56. The van der Waals surface area contributed by atoms with E-state index >= 15 is 0 Å². The van der Waals surface area contributed by atoms with Crippen LogP contribution in [0, 0.1) is 11.3 Å². The molecule has 0 atom stereocenters. The molecule has 0 unspecified atom stereocenters. The zero-order chi connectivity index (χ0) is 9.97. The molecule has 0 spiro atoms. The third kappa shape index (κ3) is 1.43. The second-order valence-electron chi connectivity index (χ2n) is 2.92. The van der Waals surface area contributed by atoms with Crippen molar-refractivity contribution in [1.29, 1.82) is 5.26 Å². The van der Waals surface area contributed by atoms with Gasteiger partial charge in [-0.25, -0.2) is 0 Å². The molecule has 1 aromatic carbocycles. The van der Waals surface area contributed by atoms with E-state index in [0.29, 0.717) is 11.3 Å². The van der Waals surface area contributed by atoms with Gasteiger partial charge in [0.15, 0.2) is 0 Å². The summed E-state index contributed by atoms with van der Waals surface area (Å²) in [7, 11) is 0. The molecule has 2 rings (SSSR count). The van der Waals surface area contributed by atoms with Gasteiger partial charge in [-0.05, 0) is 12.1 Å². The quantitative estimate of drug-likeness (QED) is 0.667. The van der Waals surface area contributed by atoms with E-state index in [1.807, 2.05) is 30.3 Å². The summed E-state index contributed by atoms with van der Waals surface area (Å²) in [5, 5.41) is 9.83. The maximum Gasteiger partial charge on any atom is 0.101 e. The fourth-order valence-electron chi connectivity index (χ4n) is 1.35. The molecule has 68 valence electrons. The zero-order valence-corrected chi connectivity index (χ0v) is 8.12. The van der Waals surface area contributed by atoms with Gasteiger partial charge in [-0.3, -0.25) is 4.98 Å². The second-order valence-corrected chi connectivity index (χ2v) is 3.19. The highest BCUT2D eigenvalue weighted by Gasteiger charge is 2.04. The Kier molecular flexibility index (Phi) is 2.34. The standard InChI is InChI=1S/C11H7ClN2/c12-6-11-9(7-13)5-8-3-1-2-4-10(8)14-11/h1-5H,6H2. The minimum atomic E-state index is 0.272. The Morgan fingerprint density at radius 3 is 2.86 bits per heavy atom. The lowest BCUT2D eigenvalue weighted by Gasteiger charge is -2.01. The van der Waals surface area contributed by atoms with Gasteiger partial charge in [0.05, 0.1) is 22.7 Å². The fraction of sp³-hybridized carbons (Fsp3) is 0.0909. The van der Waals surface area contributed by atoms with Gasteiger partial charge in [-0.1, -0.05) is 18.2 Å². The summed E-state index contributed by atoms with van der Waals surface area (Å²) < 4.78 is 0. The van der Waals surface area contributed by atoms with Crippen LogP contribution in [0.25, 0.3) is 10.9 Å². The molecule has 0 saturated heterocycles. The Morgan fingerprint density at radius 2 is 2.14 bits per heavy atom. The highest BCUT2D eigenvalue weighted by molar-refractivity contribution is 6.17. The first-order valence-electron chi connectivity index (χ1n) is 4.20. The number of hydrogen-bond acceptors (Lipinski definition) is 2. The van der Waals surface area contributed by atoms with Gasteiger partial charge in [-0.15, -0.1) is 11.6 Å². The summed E-state index contributed by atoms with van der Waals surface area (Å²) in [6, 6.07) is 11.6. The smallest absolute Gasteiger partial charge is 0.101 e. The topological polar surface area (TPSA) is 36.7 Å². The normalized spacial score (nSPS) is 10.0. The summed E-state index contributed by atoms with van der Waals surface area (Å²) in [5.74, 6) is 0.272. The van der Waals surface area contributed by atoms with E-state index < -0.39 is 0 Å². The van der Waals surface area contributed by atoms with Crippen LogP contribution in [-0.4, -0.2) is 4.98 Å². The van der Waals surface area contributed by atoms with Crippen molar-refractivity contribution in [3.8, 4) is 6.07 Å². The number of alkyl halides is 1. The van der Waals surface area contributed by atoms with Crippen molar-refractivity contribution in [3.05, 3.63) is 41.6 Å². The van der Waals surface area contributed by atoms with Crippen LogP contribution >= 0.6 is 11.6 Å². The molecule has 0 fully saturated rings. The van der Waals surface area contributed by atoms with Gasteiger partial charge in [0.25, 0.3) is 0 Å². The molecule has 0 radical (unpaired) electrons. The minimum Gasteiger partial charge on any atom is -0.250 e. The maximum absolute atomic E-state index is 8.86. The van der Waals surface area contributed by atoms with Gasteiger partial charge in [0.1, 0.15) is 6.07 Å². The van der Waals surface area contributed by atoms with E-state index in [4.69, 9.17) is 16.9 Å². The van der Waals surface area contributed by atoms with Gasteiger partial charge in [0.2, 0.25) is 0 Å². The number of nitrogens with zero attached hydrogens (tertiary/aromatic N) is 2. The van der Waals surface area contributed by atoms with Crippen LogP contribution in [0.3, 0.4) is 0 Å². The van der Waals surface area contributed by atoms with Crippen LogP contribution in [0.1, 0.15) is 11.3 Å². The lowest BCUT2D eigenvalue weighted by Crippen LogP contribution is -1.92. The molecule has 2 nitrogen and oxygen atoms in total. The first-order chi connectivity index (χ1) is 6.85. The highest BCUT2D eigenvalue weighted by Crippen LogP contribution is 2.17. The van der Waals surface area contributed by atoms with Crippen molar-refractivity contribution in [1.82, 2.24) is 4.98 Å². The van der Waals surface area contributed by atoms with Crippen molar-refractivity contribution in [2.45, 2.75) is 5.88 Å². The third-order valence-corrected chi connectivity index (χ3v) is 2.30. The number of benzene rings is 1. The van der Waals surface area contributed by atoms with E-state index in [2.05, 4.69) is 11.1 Å². The van der Waals surface area contributed by atoms with E-state index in [0.717, 1.165) is 10.9 Å². The largest absolute Gasteiger partial charge is 0.250 e. The zero-order valence-electron chi connectivity index (χ0n) is 7.37. The van der Waals surface area contributed by atoms with E-state index in [1.54, 1.807) is 0 Å². The van der Waals surface area contributed by atoms with Crippen LogP contribution in [0.2, 0.25) is 0 Å². The summed E-state index contributed by atoms with van der Waals surface area (Å²) in [6.45, 7) is 0. The molecule has 0 amide bonds. The third-order valence-electron chi connectivity index (χ3n) is 2.05. The van der Waals surface area contributed by atoms with Gasteiger partial charge >= 0.3 is 0 Å². The van der Waals surface area contributed by atoms with Crippen molar-refractivity contribution in [3.63, 3.8) is 0 Å². The van der Waals surface area contributed by atoms with Crippen molar-refractivity contribution >= 4 is 22.5 Å². The predicted molar refractivity (Wildman–Crippen MR) is 56.0 cm³/mol. The lowest BCUT2D eigenvalue weighted by atomic mass is 10.1. The van der Waals surface area contributed by atoms with Crippen molar-refractivity contribution in [2.24, 2.45) is 0 Å². The average Bonchev–Trinajstić information content (AvgIpc) is 2.27. The van der Waals surface area contributed by atoms with Crippen LogP contribution in [0.15, 0.2) is 30.3 Å². The molecule has 14 heavy (non-hydrogen) atoms. The van der Waals surface area contributed by atoms with E-state index in [9.17, 15) is 0 Å². The van der Waals surface area contributed by atoms with Crippen LogP contribution in [0.4, 0.5) is 0 Å². The summed E-state index contributed by atoms with van der Waals surface area (Å²) >= 11 is 5.70. The minimum absolute atomic E-state index is 0.272. The molecule has 0 aliphatic carbocycles. The van der Waals surface area contributed by atoms with E-state index in [1.165, 1.54) is 0 Å². The average molecular weight is 203 g/mol. The monoisotopic (exact) mass is 202 g/mol. The number of pyridine rings is 1. The molecule has 0 bridgehead atoms. The molecule has 1 heterocycles. The predicted octanol–water partition coefficient (Wildman–Crippen LogP) is 2.85. The Hall–Kier alpha value is -1.59. The SMILES string of the molecule is N#Cc1cc2ccccc2nc1CCl. The summed E-state index contributed by atoms with van der Waals surface area (Å²) in [6.07, 6.45) is 0. The number of halogens is 1. The lowest BCUT2D eigenvalue weighted by molar-refractivity contribution is 1.19. The van der Waals surface area contributed by atoms with Crippen molar-refractivity contribution < 1.29 is 0 Å². The Morgan fingerprint density at radius 1 is 1.36 bits per heavy atom. The van der Waals surface area contributed by atoms with Gasteiger partial charge in [-0.2, -0.15) is 5.26 Å². The van der Waals surface area contributed by atoms with E-state index in [-0.39, 0.29) is 5.88 Å². The molecule has 0 saturated carbocycles. The van der Waals surface area contributed by atoms with Crippen LogP contribution < -0.4 is 0 Å². The van der Waals surface area contributed by atoms with Crippen LogP contribution in [0.5, 0.6) is 0 Å². The molecular weight excluding hydrogens is 196 g/mol. The first-order valence-corrected chi connectivity index (χ1v) is 4.73. The molecule has 3 heteroatoms. The number of hydrogen-bond donors (Lipinski definition) is 0. The molecule has 2 aromatic rings. The number of para-hydroxylation sites is 1. The Balaban J connectivity index is 2.77. The number of fused-ring (bicyclic) bond motifs is 1. The van der Waals surface area contributed by atoms with Gasteiger partial charge < -0.3 is 0 Å². The second kappa shape index (κ2) is 3.65. The number of aromatic nitrogens is 1. The number of nitriles is 1. The van der Waals surface area contributed by atoms with Crippen LogP contribution in [-0.2, 0) is 5.88 Å².